The number of rotatable bonds is 8. The molecule has 1 N–H and O–H groups in total. The molecular formula is C19H22ClNO2S. The Morgan fingerprint density at radius 3 is 2.38 bits per heavy atom. The molecule has 1 unspecified atom stereocenters. The number of carbonyl (C=O) groups is 1. The first-order valence-electron chi connectivity index (χ1n) is 8.04. The van der Waals surface area contributed by atoms with Crippen molar-refractivity contribution in [2.75, 3.05) is 6.61 Å². The van der Waals surface area contributed by atoms with Crippen molar-refractivity contribution in [3.05, 3.63) is 59.1 Å². The highest BCUT2D eigenvalue weighted by Gasteiger charge is 2.17. The predicted octanol–water partition coefficient (Wildman–Crippen LogP) is 4.93. The molecule has 1 atom stereocenters. The number of benzene rings is 2. The topological polar surface area (TPSA) is 38.3 Å². The van der Waals surface area contributed by atoms with E-state index in [4.69, 9.17) is 16.3 Å². The zero-order valence-corrected chi connectivity index (χ0v) is 15.5. The van der Waals surface area contributed by atoms with Crippen LogP contribution in [-0.4, -0.2) is 17.8 Å². The van der Waals surface area contributed by atoms with Crippen LogP contribution in [0.1, 0.15) is 25.8 Å². The van der Waals surface area contributed by atoms with Gasteiger partial charge in [-0.3, -0.25) is 4.79 Å². The van der Waals surface area contributed by atoms with Crippen molar-refractivity contribution in [2.45, 2.75) is 37.0 Å². The van der Waals surface area contributed by atoms with Crippen LogP contribution in [0.5, 0.6) is 5.75 Å². The highest BCUT2D eigenvalue weighted by molar-refractivity contribution is 8.00. The van der Waals surface area contributed by atoms with Crippen molar-refractivity contribution in [1.29, 1.82) is 0 Å². The molecule has 0 aliphatic rings. The number of halogens is 1. The van der Waals surface area contributed by atoms with Gasteiger partial charge < -0.3 is 10.1 Å². The molecule has 0 bridgehead atoms. The Balaban J connectivity index is 1.88. The molecule has 128 valence electrons. The monoisotopic (exact) mass is 363 g/mol. The molecular weight excluding hydrogens is 342 g/mol. The van der Waals surface area contributed by atoms with Crippen LogP contribution in [-0.2, 0) is 11.3 Å². The van der Waals surface area contributed by atoms with Crippen molar-refractivity contribution >= 4 is 29.3 Å². The normalized spacial score (nSPS) is 11.8. The van der Waals surface area contributed by atoms with Gasteiger partial charge in [-0.1, -0.05) is 30.7 Å². The van der Waals surface area contributed by atoms with Crippen LogP contribution >= 0.6 is 23.4 Å². The molecule has 2 aromatic rings. The van der Waals surface area contributed by atoms with Gasteiger partial charge in [0.2, 0.25) is 5.91 Å². The summed E-state index contributed by atoms with van der Waals surface area (Å²) in [6.07, 6.45) is 0.766. The summed E-state index contributed by atoms with van der Waals surface area (Å²) in [4.78, 5) is 13.4. The third kappa shape index (κ3) is 5.77. The maximum atomic E-state index is 12.4. The minimum Gasteiger partial charge on any atom is -0.494 e. The van der Waals surface area contributed by atoms with Gasteiger partial charge in [-0.15, -0.1) is 11.8 Å². The third-order valence-corrected chi connectivity index (χ3v) is 5.08. The summed E-state index contributed by atoms with van der Waals surface area (Å²) in [5.41, 5.74) is 1.05. The van der Waals surface area contributed by atoms with Crippen LogP contribution < -0.4 is 10.1 Å². The smallest absolute Gasteiger partial charge is 0.233 e. The Labute approximate surface area is 152 Å². The van der Waals surface area contributed by atoms with Crippen LogP contribution in [0, 0.1) is 0 Å². The lowest BCUT2D eigenvalue weighted by atomic mass is 10.2. The molecule has 3 nitrogen and oxygen atoms in total. The number of nitrogens with one attached hydrogen (secondary N) is 1. The fraction of sp³-hybridized carbons (Fsp3) is 0.316. The molecule has 0 fully saturated rings. The zero-order valence-electron chi connectivity index (χ0n) is 13.9. The lowest BCUT2D eigenvalue weighted by Gasteiger charge is -2.15. The maximum absolute atomic E-state index is 12.4. The first kappa shape index (κ1) is 18.7. The Bertz CT molecular complexity index is 643. The molecule has 24 heavy (non-hydrogen) atoms. The van der Waals surface area contributed by atoms with Crippen LogP contribution in [0.25, 0.3) is 0 Å². The van der Waals surface area contributed by atoms with Crippen LogP contribution in [0.2, 0.25) is 5.02 Å². The van der Waals surface area contributed by atoms with Gasteiger partial charge in [0, 0.05) is 16.5 Å². The summed E-state index contributed by atoms with van der Waals surface area (Å²) < 4.78 is 5.42. The van der Waals surface area contributed by atoms with E-state index >= 15 is 0 Å². The second-order valence-electron chi connectivity index (χ2n) is 5.26. The van der Waals surface area contributed by atoms with E-state index in [0.717, 1.165) is 22.6 Å². The van der Waals surface area contributed by atoms with Gasteiger partial charge in [-0.25, -0.2) is 0 Å². The maximum Gasteiger partial charge on any atom is 0.233 e. The molecule has 5 heteroatoms. The molecule has 0 aromatic heterocycles. The zero-order chi connectivity index (χ0) is 17.4. The van der Waals surface area contributed by atoms with E-state index < -0.39 is 0 Å². The van der Waals surface area contributed by atoms with E-state index in [9.17, 15) is 4.79 Å². The third-order valence-electron chi connectivity index (χ3n) is 3.46. The van der Waals surface area contributed by atoms with Crippen molar-refractivity contribution in [2.24, 2.45) is 0 Å². The number of ether oxygens (including phenoxy) is 1. The summed E-state index contributed by atoms with van der Waals surface area (Å²) in [7, 11) is 0. The standard InChI is InChI=1S/C19H22ClNO2S/c1-3-18(24-17-11-7-15(20)8-12-17)19(22)21-13-14-5-9-16(10-6-14)23-4-2/h5-12,18H,3-4,13H2,1-2H3,(H,21,22). The van der Waals surface area contributed by atoms with Crippen LogP contribution in [0.15, 0.2) is 53.4 Å². The Kier molecular flexibility index (Phi) is 7.47. The van der Waals surface area contributed by atoms with Crippen molar-refractivity contribution < 1.29 is 9.53 Å². The molecule has 0 aliphatic carbocycles. The fourth-order valence-corrected chi connectivity index (χ4v) is 3.28. The quantitative estimate of drug-likeness (QED) is 0.676. The molecule has 2 rings (SSSR count). The summed E-state index contributed by atoms with van der Waals surface area (Å²) in [5.74, 6) is 0.892. The molecule has 0 saturated heterocycles. The van der Waals surface area contributed by atoms with Gasteiger partial charge >= 0.3 is 0 Å². The lowest BCUT2D eigenvalue weighted by molar-refractivity contribution is -0.120. The first-order valence-corrected chi connectivity index (χ1v) is 9.29. The Morgan fingerprint density at radius 2 is 1.79 bits per heavy atom. The molecule has 0 radical (unpaired) electrons. The van der Waals surface area contributed by atoms with Crippen molar-refractivity contribution in [1.82, 2.24) is 5.32 Å². The van der Waals surface area contributed by atoms with Gasteiger partial charge in [-0.05, 0) is 55.3 Å². The Hall–Kier alpha value is -1.65. The number of amides is 1. The summed E-state index contributed by atoms with van der Waals surface area (Å²) in [5, 5.41) is 3.59. The Morgan fingerprint density at radius 1 is 1.12 bits per heavy atom. The summed E-state index contributed by atoms with van der Waals surface area (Å²) >= 11 is 7.45. The number of hydrogen-bond acceptors (Lipinski definition) is 3. The van der Waals surface area contributed by atoms with E-state index in [-0.39, 0.29) is 11.2 Å². The summed E-state index contributed by atoms with van der Waals surface area (Å²) in [6.45, 7) is 5.14. The van der Waals surface area contributed by atoms with E-state index in [1.807, 2.05) is 62.4 Å². The largest absolute Gasteiger partial charge is 0.494 e. The molecule has 0 saturated carbocycles. The van der Waals surface area contributed by atoms with Crippen molar-refractivity contribution in [3.8, 4) is 5.75 Å². The highest BCUT2D eigenvalue weighted by Crippen LogP contribution is 2.26. The van der Waals surface area contributed by atoms with Gasteiger partial charge in [0.15, 0.2) is 0 Å². The second-order valence-corrected chi connectivity index (χ2v) is 6.98. The highest BCUT2D eigenvalue weighted by atomic mass is 35.5. The van der Waals surface area contributed by atoms with Gasteiger partial charge in [0.05, 0.1) is 11.9 Å². The van der Waals surface area contributed by atoms with E-state index in [2.05, 4.69) is 5.32 Å². The molecule has 2 aromatic carbocycles. The van der Waals surface area contributed by atoms with E-state index in [0.29, 0.717) is 18.2 Å². The van der Waals surface area contributed by atoms with E-state index in [1.165, 1.54) is 0 Å². The van der Waals surface area contributed by atoms with Crippen LogP contribution in [0.3, 0.4) is 0 Å². The first-order chi connectivity index (χ1) is 11.6. The number of carbonyl (C=O) groups excluding carboxylic acids is 1. The van der Waals surface area contributed by atoms with Crippen molar-refractivity contribution in [3.63, 3.8) is 0 Å². The van der Waals surface area contributed by atoms with Gasteiger partial charge in [0.25, 0.3) is 0 Å². The molecule has 1 amide bonds. The second kappa shape index (κ2) is 9.60. The number of hydrogen-bond donors (Lipinski definition) is 1. The predicted molar refractivity (Wildman–Crippen MR) is 101 cm³/mol. The average Bonchev–Trinajstić information content (AvgIpc) is 2.60. The minimum absolute atomic E-state index is 0.0475. The molecule has 0 aliphatic heterocycles. The van der Waals surface area contributed by atoms with E-state index in [1.54, 1.807) is 11.8 Å². The summed E-state index contributed by atoms with van der Waals surface area (Å²) in [6, 6.07) is 15.3. The molecule has 0 heterocycles. The SMILES string of the molecule is CCOc1ccc(CNC(=O)C(CC)Sc2ccc(Cl)cc2)cc1. The lowest BCUT2D eigenvalue weighted by Crippen LogP contribution is -2.31. The molecule has 0 spiro atoms. The van der Waals surface area contributed by atoms with Gasteiger partial charge in [0.1, 0.15) is 5.75 Å². The average molecular weight is 364 g/mol. The number of thioether (sulfide) groups is 1. The minimum atomic E-state index is -0.117. The van der Waals surface area contributed by atoms with Crippen LogP contribution in [0.4, 0.5) is 0 Å². The fourth-order valence-electron chi connectivity index (χ4n) is 2.17. The van der Waals surface area contributed by atoms with Gasteiger partial charge in [-0.2, -0.15) is 0 Å².